The molecular weight excluding hydrogens is 296 g/mol. The van der Waals surface area contributed by atoms with Crippen LogP contribution in [0.5, 0.6) is 0 Å². The van der Waals surface area contributed by atoms with Gasteiger partial charge < -0.3 is 4.90 Å². The lowest BCUT2D eigenvalue weighted by atomic mass is 9.96. The van der Waals surface area contributed by atoms with Crippen molar-refractivity contribution in [3.8, 4) is 0 Å². The van der Waals surface area contributed by atoms with Crippen LogP contribution < -0.4 is 4.90 Å². The molecule has 1 saturated carbocycles. The molecule has 0 spiro atoms. The van der Waals surface area contributed by atoms with Gasteiger partial charge in [-0.15, -0.1) is 0 Å². The van der Waals surface area contributed by atoms with E-state index in [1.165, 1.54) is 0 Å². The van der Waals surface area contributed by atoms with Gasteiger partial charge >= 0.3 is 0 Å². The Morgan fingerprint density at radius 2 is 1.76 bits per heavy atom. The summed E-state index contributed by atoms with van der Waals surface area (Å²) >= 11 is 0. The summed E-state index contributed by atoms with van der Waals surface area (Å²) in [6, 6.07) is 5.25. The molecule has 0 aromatic heterocycles. The van der Waals surface area contributed by atoms with Crippen LogP contribution in [-0.2, 0) is 9.84 Å². The Balaban J connectivity index is 2.38. The van der Waals surface area contributed by atoms with E-state index >= 15 is 0 Å². The highest BCUT2D eigenvalue weighted by molar-refractivity contribution is 7.92. The maximum atomic E-state index is 13.2. The van der Waals surface area contributed by atoms with Gasteiger partial charge in [0.15, 0.2) is 9.84 Å². The predicted octanol–water partition coefficient (Wildman–Crippen LogP) is 3.41. The molecule has 1 aliphatic carbocycles. The van der Waals surface area contributed by atoms with E-state index in [0.717, 1.165) is 5.56 Å². The topological polar surface area (TPSA) is 37.4 Å². The fourth-order valence-electron chi connectivity index (χ4n) is 2.72. The molecule has 0 radical (unpaired) electrons. The Kier molecular flexibility index (Phi) is 4.29. The highest BCUT2D eigenvalue weighted by Gasteiger charge is 2.41. The van der Waals surface area contributed by atoms with E-state index in [4.69, 9.17) is 0 Å². The highest BCUT2D eigenvalue weighted by Crippen LogP contribution is 2.39. The molecule has 2 rings (SSSR count). The van der Waals surface area contributed by atoms with Crippen molar-refractivity contribution in [1.29, 1.82) is 0 Å². The van der Waals surface area contributed by atoms with Crippen LogP contribution in [0.2, 0.25) is 0 Å². The quantitative estimate of drug-likeness (QED) is 0.857. The summed E-state index contributed by atoms with van der Waals surface area (Å²) < 4.78 is 52.1. The predicted molar refractivity (Wildman–Crippen MR) is 79.9 cm³/mol. The first-order valence-electron chi connectivity index (χ1n) is 7.03. The zero-order valence-corrected chi connectivity index (χ0v) is 13.4. The summed E-state index contributed by atoms with van der Waals surface area (Å²) in [5.41, 5.74) is 1.46. The number of alkyl halides is 2. The maximum Gasteiger partial charge on any atom is 0.248 e. The van der Waals surface area contributed by atoms with Crippen molar-refractivity contribution < 1.29 is 17.2 Å². The van der Waals surface area contributed by atoms with Crippen molar-refractivity contribution in [3.05, 3.63) is 23.8 Å². The SMILES string of the molecule is Cc1ccc(N(C)C)c(S(=O)(=O)C2CCC(F)(F)CC2)c1. The number of halogens is 2. The molecule has 21 heavy (non-hydrogen) atoms. The van der Waals surface area contributed by atoms with Gasteiger partial charge in [-0.05, 0) is 37.5 Å². The Morgan fingerprint density at radius 1 is 1.19 bits per heavy atom. The first kappa shape index (κ1) is 16.2. The first-order chi connectivity index (χ1) is 9.63. The van der Waals surface area contributed by atoms with Crippen LogP contribution >= 0.6 is 0 Å². The van der Waals surface area contributed by atoms with Gasteiger partial charge in [-0.2, -0.15) is 0 Å². The fraction of sp³-hybridized carbons (Fsp3) is 0.600. The fourth-order valence-corrected chi connectivity index (χ4v) is 4.83. The Hall–Kier alpha value is -1.17. The number of anilines is 1. The van der Waals surface area contributed by atoms with E-state index in [1.54, 1.807) is 31.1 Å². The lowest BCUT2D eigenvalue weighted by molar-refractivity contribution is -0.0328. The molecule has 6 heteroatoms. The number of sulfone groups is 1. The first-order valence-corrected chi connectivity index (χ1v) is 8.58. The van der Waals surface area contributed by atoms with E-state index < -0.39 is 21.0 Å². The molecule has 1 fully saturated rings. The van der Waals surface area contributed by atoms with Crippen LogP contribution in [0.4, 0.5) is 14.5 Å². The van der Waals surface area contributed by atoms with Gasteiger partial charge in [-0.3, -0.25) is 0 Å². The van der Waals surface area contributed by atoms with Gasteiger partial charge in [0, 0.05) is 26.9 Å². The zero-order valence-electron chi connectivity index (χ0n) is 12.6. The average molecular weight is 317 g/mol. The maximum absolute atomic E-state index is 13.2. The third kappa shape index (κ3) is 3.36. The van der Waals surface area contributed by atoms with E-state index in [9.17, 15) is 17.2 Å². The van der Waals surface area contributed by atoms with Crippen molar-refractivity contribution in [1.82, 2.24) is 0 Å². The van der Waals surface area contributed by atoms with Gasteiger partial charge in [0.1, 0.15) is 0 Å². The number of benzene rings is 1. The number of nitrogens with zero attached hydrogens (tertiary/aromatic N) is 1. The Morgan fingerprint density at radius 3 is 2.29 bits per heavy atom. The molecular formula is C15H21F2NO2S. The molecule has 0 N–H and O–H groups in total. The van der Waals surface area contributed by atoms with Crippen molar-refractivity contribution in [3.63, 3.8) is 0 Å². The van der Waals surface area contributed by atoms with Crippen molar-refractivity contribution in [2.24, 2.45) is 0 Å². The van der Waals surface area contributed by atoms with Crippen molar-refractivity contribution >= 4 is 15.5 Å². The van der Waals surface area contributed by atoms with Crippen molar-refractivity contribution in [2.45, 2.75) is 48.7 Å². The van der Waals surface area contributed by atoms with E-state index in [-0.39, 0.29) is 30.6 Å². The van der Waals surface area contributed by atoms with Crippen LogP contribution in [0, 0.1) is 6.92 Å². The third-order valence-electron chi connectivity index (χ3n) is 4.01. The minimum Gasteiger partial charge on any atom is -0.377 e. The molecule has 0 amide bonds. The average Bonchev–Trinajstić information content (AvgIpc) is 2.37. The molecule has 1 aromatic carbocycles. The Labute approximate surface area is 124 Å². The van der Waals surface area contributed by atoms with Gasteiger partial charge in [0.05, 0.1) is 15.8 Å². The van der Waals surface area contributed by atoms with Crippen molar-refractivity contribution in [2.75, 3.05) is 19.0 Å². The molecule has 0 bridgehead atoms. The highest BCUT2D eigenvalue weighted by atomic mass is 32.2. The largest absolute Gasteiger partial charge is 0.377 e. The van der Waals surface area contributed by atoms with E-state index in [0.29, 0.717) is 5.69 Å². The molecule has 1 aromatic rings. The number of hydrogen-bond donors (Lipinski definition) is 0. The summed E-state index contributed by atoms with van der Waals surface area (Å²) in [5.74, 6) is -2.72. The smallest absolute Gasteiger partial charge is 0.248 e. The van der Waals surface area contributed by atoms with Gasteiger partial charge in [-0.1, -0.05) is 6.07 Å². The van der Waals surface area contributed by atoms with Gasteiger partial charge in [0.25, 0.3) is 0 Å². The normalized spacial score (nSPS) is 19.5. The molecule has 0 saturated heterocycles. The summed E-state index contributed by atoms with van der Waals surface area (Å²) in [5, 5.41) is -0.711. The Bertz CT molecular complexity index is 617. The number of rotatable bonds is 3. The second-order valence-electron chi connectivity index (χ2n) is 5.97. The van der Waals surface area contributed by atoms with E-state index in [2.05, 4.69) is 0 Å². The lowest BCUT2D eigenvalue weighted by Crippen LogP contribution is -2.33. The molecule has 0 atom stereocenters. The zero-order chi connectivity index (χ0) is 15.8. The van der Waals surface area contributed by atoms with Crippen LogP contribution in [0.25, 0.3) is 0 Å². The van der Waals surface area contributed by atoms with E-state index in [1.807, 2.05) is 13.0 Å². The lowest BCUT2D eigenvalue weighted by Gasteiger charge is -2.29. The minimum atomic E-state index is -3.59. The monoisotopic (exact) mass is 317 g/mol. The molecule has 0 unspecified atom stereocenters. The summed E-state index contributed by atoms with van der Waals surface area (Å²) in [6.07, 6.45) is -0.647. The number of hydrogen-bond acceptors (Lipinski definition) is 3. The summed E-state index contributed by atoms with van der Waals surface area (Å²) in [4.78, 5) is 1.99. The van der Waals surface area contributed by atoms with Gasteiger partial charge in [0.2, 0.25) is 5.92 Å². The molecule has 0 heterocycles. The van der Waals surface area contributed by atoms with Crippen LogP contribution in [-0.4, -0.2) is 33.7 Å². The third-order valence-corrected chi connectivity index (χ3v) is 6.30. The van der Waals surface area contributed by atoms with Gasteiger partial charge in [-0.25, -0.2) is 17.2 Å². The van der Waals surface area contributed by atoms with Crippen LogP contribution in [0.3, 0.4) is 0 Å². The summed E-state index contributed by atoms with van der Waals surface area (Å²) in [6.45, 7) is 1.83. The summed E-state index contributed by atoms with van der Waals surface area (Å²) in [7, 11) is -0.0324. The molecule has 3 nitrogen and oxygen atoms in total. The minimum absolute atomic E-state index is 0.0240. The second-order valence-corrected chi connectivity index (χ2v) is 8.16. The van der Waals surface area contributed by atoms with Crippen LogP contribution in [0.1, 0.15) is 31.2 Å². The molecule has 118 valence electrons. The van der Waals surface area contributed by atoms with Crippen LogP contribution in [0.15, 0.2) is 23.1 Å². The number of aryl methyl sites for hydroxylation is 1. The molecule has 1 aliphatic rings. The second kappa shape index (κ2) is 5.55. The molecule has 0 aliphatic heterocycles. The standard InChI is InChI=1S/C15H21F2NO2S/c1-11-4-5-13(18(2)3)14(10-11)21(19,20)12-6-8-15(16,17)9-7-12/h4-5,10,12H,6-9H2,1-3H3.